The molecule has 26 heavy (non-hydrogen) atoms. The van der Waals surface area contributed by atoms with E-state index in [0.717, 1.165) is 56.6 Å². The Morgan fingerprint density at radius 1 is 1.00 bits per heavy atom. The Labute approximate surface area is 153 Å². The minimum atomic E-state index is 0.834. The van der Waals surface area contributed by atoms with E-state index in [0.29, 0.717) is 0 Å². The van der Waals surface area contributed by atoms with Crippen LogP contribution in [0.4, 0.5) is 11.8 Å². The molecule has 6 heteroatoms. The first kappa shape index (κ1) is 16.7. The highest BCUT2D eigenvalue weighted by Crippen LogP contribution is 2.19. The number of hydrogen-bond donors (Lipinski definition) is 1. The zero-order chi connectivity index (χ0) is 17.8. The zero-order valence-electron chi connectivity index (χ0n) is 15.1. The van der Waals surface area contributed by atoms with Crippen molar-refractivity contribution in [1.82, 2.24) is 19.9 Å². The number of pyridine rings is 1. The molecule has 3 aromatic rings. The van der Waals surface area contributed by atoms with Crippen LogP contribution >= 0.6 is 0 Å². The van der Waals surface area contributed by atoms with Gasteiger partial charge in [-0.05, 0) is 30.7 Å². The van der Waals surface area contributed by atoms with Crippen molar-refractivity contribution < 1.29 is 0 Å². The Morgan fingerprint density at radius 2 is 1.77 bits per heavy atom. The van der Waals surface area contributed by atoms with Gasteiger partial charge in [0.25, 0.3) is 0 Å². The molecule has 6 nitrogen and oxygen atoms in total. The minimum Gasteiger partial charge on any atom is -0.369 e. The van der Waals surface area contributed by atoms with E-state index < -0.39 is 0 Å². The topological polar surface area (TPSA) is 57.2 Å². The second-order valence-electron chi connectivity index (χ2n) is 6.65. The quantitative estimate of drug-likeness (QED) is 0.765. The van der Waals surface area contributed by atoms with Crippen molar-refractivity contribution in [3.8, 4) is 0 Å². The molecule has 0 radical (unpaired) electrons. The molecule has 0 bridgehead atoms. The molecule has 4 rings (SSSR count). The third-order valence-electron chi connectivity index (χ3n) is 4.86. The van der Waals surface area contributed by atoms with Crippen molar-refractivity contribution >= 4 is 22.7 Å². The van der Waals surface area contributed by atoms with E-state index in [1.165, 1.54) is 10.9 Å². The molecule has 1 aromatic carbocycles. The van der Waals surface area contributed by atoms with Gasteiger partial charge in [-0.2, -0.15) is 0 Å². The molecule has 3 heterocycles. The highest BCUT2D eigenvalue weighted by Gasteiger charge is 2.18. The first-order valence-corrected chi connectivity index (χ1v) is 9.14. The second-order valence-corrected chi connectivity index (χ2v) is 6.65. The molecule has 1 fully saturated rings. The lowest BCUT2D eigenvalue weighted by molar-refractivity contribution is 0.266. The number of fused-ring (bicyclic) bond motifs is 1. The van der Waals surface area contributed by atoms with Crippen molar-refractivity contribution in [3.05, 3.63) is 54.4 Å². The molecule has 0 amide bonds. The average Bonchev–Trinajstić information content (AvgIpc) is 2.69. The first-order chi connectivity index (χ1) is 12.8. The summed E-state index contributed by atoms with van der Waals surface area (Å²) in [7, 11) is 0. The maximum atomic E-state index is 4.72. The van der Waals surface area contributed by atoms with Crippen LogP contribution in [0.5, 0.6) is 0 Å². The van der Waals surface area contributed by atoms with Gasteiger partial charge in [0.2, 0.25) is 5.95 Å². The number of nitrogens with zero attached hydrogens (tertiary/aromatic N) is 5. The van der Waals surface area contributed by atoms with Gasteiger partial charge >= 0.3 is 0 Å². The number of anilines is 2. The summed E-state index contributed by atoms with van der Waals surface area (Å²) in [6, 6.07) is 12.3. The van der Waals surface area contributed by atoms with Gasteiger partial charge in [0.15, 0.2) is 0 Å². The van der Waals surface area contributed by atoms with Crippen LogP contribution in [0.2, 0.25) is 0 Å². The normalized spacial score (nSPS) is 15.3. The van der Waals surface area contributed by atoms with E-state index in [1.807, 2.05) is 12.1 Å². The van der Waals surface area contributed by atoms with E-state index in [9.17, 15) is 0 Å². The Bertz CT molecular complexity index is 859. The number of aromatic nitrogens is 3. The van der Waals surface area contributed by atoms with Crippen molar-refractivity contribution in [2.45, 2.75) is 6.92 Å². The zero-order valence-corrected chi connectivity index (χ0v) is 15.1. The van der Waals surface area contributed by atoms with Crippen LogP contribution in [0, 0.1) is 6.92 Å². The fourth-order valence-electron chi connectivity index (χ4n) is 3.41. The van der Waals surface area contributed by atoms with Crippen LogP contribution in [-0.2, 0) is 0 Å². The van der Waals surface area contributed by atoms with Gasteiger partial charge < -0.3 is 10.2 Å². The maximum absolute atomic E-state index is 4.72. The summed E-state index contributed by atoms with van der Waals surface area (Å²) in [6.45, 7) is 8.05. The molecule has 1 aliphatic rings. The van der Waals surface area contributed by atoms with Crippen LogP contribution in [0.25, 0.3) is 10.9 Å². The van der Waals surface area contributed by atoms with Crippen LogP contribution in [0.1, 0.15) is 5.56 Å². The second kappa shape index (κ2) is 7.66. The number of aryl methyl sites for hydroxylation is 1. The lowest BCUT2D eigenvalue weighted by atomic mass is 10.1. The molecule has 0 unspecified atom stereocenters. The Morgan fingerprint density at radius 3 is 2.58 bits per heavy atom. The van der Waals surface area contributed by atoms with Gasteiger partial charge in [-0.15, -0.1) is 0 Å². The van der Waals surface area contributed by atoms with Gasteiger partial charge in [-0.25, -0.2) is 15.0 Å². The van der Waals surface area contributed by atoms with Gasteiger partial charge in [0.05, 0.1) is 5.52 Å². The Balaban J connectivity index is 1.28. The monoisotopic (exact) mass is 348 g/mol. The predicted octanol–water partition coefficient (Wildman–Crippen LogP) is 2.57. The Kier molecular flexibility index (Phi) is 4.93. The summed E-state index contributed by atoms with van der Waals surface area (Å²) in [5, 5.41) is 4.70. The highest BCUT2D eigenvalue weighted by molar-refractivity contribution is 5.83. The van der Waals surface area contributed by atoms with Gasteiger partial charge in [0, 0.05) is 57.0 Å². The molecular formula is C20H24N6. The smallest absolute Gasteiger partial charge is 0.225 e. The van der Waals surface area contributed by atoms with E-state index in [-0.39, 0.29) is 0 Å². The molecular weight excluding hydrogens is 324 g/mol. The van der Waals surface area contributed by atoms with Crippen LogP contribution in [0.3, 0.4) is 0 Å². The molecule has 0 aliphatic carbocycles. The van der Waals surface area contributed by atoms with Crippen molar-refractivity contribution in [3.63, 3.8) is 0 Å². The SMILES string of the molecule is Cc1cc(NCCN2CCN(c3ncccn3)CC2)nc2ccccc12. The van der Waals surface area contributed by atoms with E-state index in [2.05, 4.69) is 56.3 Å². The lowest BCUT2D eigenvalue weighted by Crippen LogP contribution is -2.48. The number of nitrogens with one attached hydrogen (secondary N) is 1. The number of piperazine rings is 1. The Hall–Kier alpha value is -2.73. The van der Waals surface area contributed by atoms with Crippen molar-refractivity contribution in [2.75, 3.05) is 49.5 Å². The number of para-hydroxylation sites is 1. The molecule has 1 aliphatic heterocycles. The van der Waals surface area contributed by atoms with Crippen LogP contribution in [0.15, 0.2) is 48.8 Å². The summed E-state index contributed by atoms with van der Waals surface area (Å²) >= 11 is 0. The third kappa shape index (κ3) is 3.75. The molecule has 1 N–H and O–H groups in total. The minimum absolute atomic E-state index is 0.834. The lowest BCUT2D eigenvalue weighted by Gasteiger charge is -2.34. The molecule has 0 atom stereocenters. The molecule has 1 saturated heterocycles. The van der Waals surface area contributed by atoms with Crippen molar-refractivity contribution in [2.24, 2.45) is 0 Å². The van der Waals surface area contributed by atoms with E-state index in [4.69, 9.17) is 4.98 Å². The fraction of sp³-hybridized carbons (Fsp3) is 0.350. The molecule has 0 saturated carbocycles. The number of rotatable bonds is 5. The van der Waals surface area contributed by atoms with Crippen molar-refractivity contribution in [1.29, 1.82) is 0 Å². The van der Waals surface area contributed by atoms with Gasteiger partial charge in [-0.3, -0.25) is 4.90 Å². The van der Waals surface area contributed by atoms with Gasteiger partial charge in [-0.1, -0.05) is 18.2 Å². The summed E-state index contributed by atoms with van der Waals surface area (Å²) in [4.78, 5) is 18.1. The summed E-state index contributed by atoms with van der Waals surface area (Å²) in [6.07, 6.45) is 3.61. The van der Waals surface area contributed by atoms with E-state index >= 15 is 0 Å². The summed E-state index contributed by atoms with van der Waals surface area (Å²) < 4.78 is 0. The average molecular weight is 348 g/mol. The van der Waals surface area contributed by atoms with E-state index in [1.54, 1.807) is 12.4 Å². The molecule has 0 spiro atoms. The van der Waals surface area contributed by atoms with Crippen LogP contribution in [-0.4, -0.2) is 59.1 Å². The molecule has 134 valence electrons. The maximum Gasteiger partial charge on any atom is 0.225 e. The largest absolute Gasteiger partial charge is 0.369 e. The molecule has 2 aromatic heterocycles. The third-order valence-corrected chi connectivity index (χ3v) is 4.86. The summed E-state index contributed by atoms with van der Waals surface area (Å²) in [5.74, 6) is 1.79. The predicted molar refractivity (Wildman–Crippen MR) is 106 cm³/mol. The first-order valence-electron chi connectivity index (χ1n) is 9.14. The van der Waals surface area contributed by atoms with Gasteiger partial charge in [0.1, 0.15) is 5.82 Å². The highest BCUT2D eigenvalue weighted by atomic mass is 15.3. The standard InChI is InChI=1S/C20H24N6/c1-16-15-19(24-18-6-3-2-5-17(16)18)21-9-10-25-11-13-26(14-12-25)20-22-7-4-8-23-20/h2-8,15H,9-14H2,1H3,(H,21,24). The van der Waals surface area contributed by atoms with Crippen LogP contribution < -0.4 is 10.2 Å². The number of hydrogen-bond acceptors (Lipinski definition) is 6. The number of benzene rings is 1. The summed E-state index contributed by atoms with van der Waals surface area (Å²) in [5.41, 5.74) is 2.31. The fourth-order valence-corrected chi connectivity index (χ4v) is 3.41.